The van der Waals surface area contributed by atoms with Crippen LogP contribution in [0, 0.1) is 5.82 Å². The Labute approximate surface area is 190 Å². The van der Waals surface area contributed by atoms with Gasteiger partial charge in [0.05, 0.1) is 29.5 Å². The van der Waals surface area contributed by atoms with Crippen molar-refractivity contribution in [1.82, 2.24) is 4.57 Å². The summed E-state index contributed by atoms with van der Waals surface area (Å²) in [4.78, 5) is 10.9. The summed E-state index contributed by atoms with van der Waals surface area (Å²) in [6.45, 7) is 0.362. The molecule has 1 aromatic heterocycles. The fourth-order valence-electron chi connectivity index (χ4n) is 3.87. The molecule has 4 aromatic rings. The van der Waals surface area contributed by atoms with Gasteiger partial charge < -0.3 is 19.7 Å². The Kier molecular flexibility index (Phi) is 5.99. The number of alkyl halides is 3. The lowest BCUT2D eigenvalue weighted by Gasteiger charge is -2.16. The standard InChI is InChI=1S/C24H19F4NO5/c1-2-33-21-14-5-3-4-6-15(14)22(34-12-24(26,27)28)20-16(21)11-29(23(20)32)18-8-7-13(9-17(18)25)10-19(30)31/h3-9,11,32H,2,10,12H2,1H3,(H,30,31). The molecule has 0 saturated heterocycles. The van der Waals surface area contributed by atoms with E-state index in [-0.39, 0.29) is 39.8 Å². The number of aromatic nitrogens is 1. The number of fused-ring (bicyclic) bond motifs is 2. The van der Waals surface area contributed by atoms with Gasteiger partial charge in [-0.15, -0.1) is 0 Å². The Bertz CT molecular complexity index is 1390. The van der Waals surface area contributed by atoms with E-state index in [0.717, 1.165) is 10.6 Å². The van der Waals surface area contributed by atoms with Crippen molar-refractivity contribution in [3.63, 3.8) is 0 Å². The number of carbonyl (C=O) groups is 1. The van der Waals surface area contributed by atoms with E-state index < -0.39 is 36.9 Å². The van der Waals surface area contributed by atoms with Gasteiger partial charge in [0.15, 0.2) is 6.61 Å². The normalized spacial score (nSPS) is 11.8. The third-order valence-electron chi connectivity index (χ3n) is 5.16. The second-order valence-electron chi connectivity index (χ2n) is 7.51. The number of halogens is 4. The van der Waals surface area contributed by atoms with Crippen LogP contribution >= 0.6 is 0 Å². The fourth-order valence-corrected chi connectivity index (χ4v) is 3.87. The van der Waals surface area contributed by atoms with E-state index >= 15 is 0 Å². The van der Waals surface area contributed by atoms with Gasteiger partial charge in [-0.05, 0) is 24.6 Å². The van der Waals surface area contributed by atoms with Gasteiger partial charge in [-0.3, -0.25) is 9.36 Å². The lowest BCUT2D eigenvalue weighted by molar-refractivity contribution is -0.153. The van der Waals surface area contributed by atoms with E-state index in [2.05, 4.69) is 0 Å². The van der Waals surface area contributed by atoms with Crippen LogP contribution in [0.1, 0.15) is 12.5 Å². The highest BCUT2D eigenvalue weighted by atomic mass is 19.4. The Balaban J connectivity index is 2.00. The van der Waals surface area contributed by atoms with Gasteiger partial charge in [0.1, 0.15) is 17.3 Å². The number of aliphatic carboxylic acids is 1. The molecule has 0 bridgehead atoms. The molecule has 10 heteroatoms. The van der Waals surface area contributed by atoms with Crippen LogP contribution in [0.25, 0.3) is 27.2 Å². The van der Waals surface area contributed by atoms with Crippen LogP contribution in [0.5, 0.6) is 17.4 Å². The van der Waals surface area contributed by atoms with Crippen molar-refractivity contribution in [3.05, 3.63) is 60.0 Å². The maximum Gasteiger partial charge on any atom is 0.422 e. The van der Waals surface area contributed by atoms with Crippen LogP contribution in [0.2, 0.25) is 0 Å². The van der Waals surface area contributed by atoms with Gasteiger partial charge in [0.25, 0.3) is 0 Å². The molecule has 4 rings (SSSR count). The zero-order valence-electron chi connectivity index (χ0n) is 17.8. The number of ether oxygens (including phenoxy) is 2. The van der Waals surface area contributed by atoms with Crippen molar-refractivity contribution < 1.29 is 42.0 Å². The third kappa shape index (κ3) is 4.30. The number of nitrogens with zero attached hydrogens (tertiary/aromatic N) is 1. The first-order chi connectivity index (χ1) is 16.1. The minimum Gasteiger partial charge on any atom is -0.494 e. The van der Waals surface area contributed by atoms with Crippen molar-refractivity contribution in [2.45, 2.75) is 19.5 Å². The lowest BCUT2D eigenvalue weighted by Crippen LogP contribution is -2.19. The summed E-state index contributed by atoms with van der Waals surface area (Å²) >= 11 is 0. The first kappa shape index (κ1) is 23.2. The molecule has 2 N–H and O–H groups in total. The molecule has 0 aliphatic carbocycles. The highest BCUT2D eigenvalue weighted by molar-refractivity contribution is 6.13. The average molecular weight is 477 g/mol. The second-order valence-corrected chi connectivity index (χ2v) is 7.51. The summed E-state index contributed by atoms with van der Waals surface area (Å²) in [5.41, 5.74) is 0.0796. The molecule has 0 atom stereocenters. The molecule has 1 heterocycles. The Hall–Kier alpha value is -3.95. The summed E-state index contributed by atoms with van der Waals surface area (Å²) in [6.07, 6.45) is -3.68. The second kappa shape index (κ2) is 8.77. The van der Waals surface area contributed by atoms with Gasteiger partial charge >= 0.3 is 12.1 Å². The molecule has 178 valence electrons. The monoisotopic (exact) mass is 477 g/mol. The highest BCUT2D eigenvalue weighted by Gasteiger charge is 2.31. The predicted molar refractivity (Wildman–Crippen MR) is 116 cm³/mol. The topological polar surface area (TPSA) is 80.9 Å². The molecule has 3 aromatic carbocycles. The number of hydrogen-bond acceptors (Lipinski definition) is 4. The van der Waals surface area contributed by atoms with E-state index in [1.54, 1.807) is 31.2 Å². The Morgan fingerprint density at radius 3 is 2.29 bits per heavy atom. The predicted octanol–water partition coefficient (Wildman–Crippen LogP) is 5.60. The lowest BCUT2D eigenvalue weighted by atomic mass is 10.0. The first-order valence-electron chi connectivity index (χ1n) is 10.2. The smallest absolute Gasteiger partial charge is 0.422 e. The highest BCUT2D eigenvalue weighted by Crippen LogP contribution is 2.48. The van der Waals surface area contributed by atoms with Crippen molar-refractivity contribution in [2.24, 2.45) is 0 Å². The molecule has 0 fully saturated rings. The fraction of sp³-hybridized carbons (Fsp3) is 0.208. The van der Waals surface area contributed by atoms with E-state index in [9.17, 15) is 27.5 Å². The number of hydrogen-bond donors (Lipinski definition) is 2. The molecule has 0 radical (unpaired) electrons. The molecule has 0 amide bonds. The molecular weight excluding hydrogens is 458 g/mol. The Morgan fingerprint density at radius 1 is 1.03 bits per heavy atom. The van der Waals surface area contributed by atoms with E-state index in [1.807, 2.05) is 0 Å². The van der Waals surface area contributed by atoms with Crippen LogP contribution in [0.3, 0.4) is 0 Å². The summed E-state index contributed by atoms with van der Waals surface area (Å²) in [5.74, 6) is -2.44. The molecule has 0 saturated carbocycles. The number of carboxylic acids is 1. The SMILES string of the molecule is CCOc1c2ccccc2c(OCC(F)(F)F)c2c(O)n(-c3ccc(CC(=O)O)cc3F)cc12. The largest absolute Gasteiger partial charge is 0.494 e. The van der Waals surface area contributed by atoms with Crippen LogP contribution in [-0.4, -0.2) is 40.1 Å². The molecule has 0 unspecified atom stereocenters. The van der Waals surface area contributed by atoms with Crippen molar-refractivity contribution >= 4 is 27.5 Å². The van der Waals surface area contributed by atoms with E-state index in [0.29, 0.717) is 11.1 Å². The summed E-state index contributed by atoms with van der Waals surface area (Å²) in [7, 11) is 0. The quantitative estimate of drug-likeness (QED) is 0.339. The summed E-state index contributed by atoms with van der Waals surface area (Å²) in [5, 5.41) is 20.9. The van der Waals surface area contributed by atoms with Crippen LogP contribution in [-0.2, 0) is 11.2 Å². The minimum absolute atomic E-state index is 0.0691. The Morgan fingerprint density at radius 2 is 1.71 bits per heavy atom. The van der Waals surface area contributed by atoms with Gasteiger partial charge in [0.2, 0.25) is 5.88 Å². The zero-order chi connectivity index (χ0) is 24.6. The van der Waals surface area contributed by atoms with Crippen LogP contribution in [0.4, 0.5) is 17.6 Å². The number of aromatic hydroxyl groups is 1. The van der Waals surface area contributed by atoms with Crippen LogP contribution < -0.4 is 9.47 Å². The average Bonchev–Trinajstić information content (AvgIpc) is 3.09. The van der Waals surface area contributed by atoms with Crippen molar-refractivity contribution in [1.29, 1.82) is 0 Å². The van der Waals surface area contributed by atoms with Crippen LogP contribution in [0.15, 0.2) is 48.7 Å². The molecular formula is C24H19F4NO5. The third-order valence-corrected chi connectivity index (χ3v) is 5.16. The van der Waals surface area contributed by atoms with Gasteiger partial charge in [-0.25, -0.2) is 4.39 Å². The van der Waals surface area contributed by atoms with E-state index in [1.165, 1.54) is 18.3 Å². The number of carboxylic acid groups (broad SMARTS) is 1. The van der Waals surface area contributed by atoms with Gasteiger partial charge in [-0.1, -0.05) is 30.3 Å². The van der Waals surface area contributed by atoms with Crippen molar-refractivity contribution in [2.75, 3.05) is 13.2 Å². The molecule has 0 aliphatic heterocycles. The van der Waals surface area contributed by atoms with Gasteiger partial charge in [0, 0.05) is 17.0 Å². The molecule has 34 heavy (non-hydrogen) atoms. The molecule has 6 nitrogen and oxygen atoms in total. The van der Waals surface area contributed by atoms with Gasteiger partial charge in [-0.2, -0.15) is 13.2 Å². The minimum atomic E-state index is -4.63. The summed E-state index contributed by atoms with van der Waals surface area (Å²) in [6, 6.07) is 10.2. The van der Waals surface area contributed by atoms with Crippen molar-refractivity contribution in [3.8, 4) is 23.1 Å². The first-order valence-corrected chi connectivity index (χ1v) is 10.2. The number of benzene rings is 3. The molecule has 0 aliphatic rings. The summed E-state index contributed by atoms with van der Waals surface area (Å²) < 4.78 is 65.8. The zero-order valence-corrected chi connectivity index (χ0v) is 17.8. The molecule has 0 spiro atoms. The number of rotatable bonds is 7. The maximum absolute atomic E-state index is 14.9. The maximum atomic E-state index is 14.9. The van der Waals surface area contributed by atoms with E-state index in [4.69, 9.17) is 14.6 Å².